The van der Waals surface area contributed by atoms with E-state index >= 15 is 0 Å². The quantitative estimate of drug-likeness (QED) is 0.462. The highest BCUT2D eigenvalue weighted by atomic mass is 79.9. The van der Waals surface area contributed by atoms with Crippen molar-refractivity contribution in [3.63, 3.8) is 0 Å². The van der Waals surface area contributed by atoms with E-state index in [1.54, 1.807) is 24.7 Å². The van der Waals surface area contributed by atoms with Gasteiger partial charge in [-0.15, -0.1) is 0 Å². The summed E-state index contributed by atoms with van der Waals surface area (Å²) in [6, 6.07) is 1.67. The number of nitrogens with one attached hydrogen (secondary N) is 2. The fourth-order valence-electron chi connectivity index (χ4n) is 2.48. The monoisotopic (exact) mass is 441 g/mol. The Bertz CT molecular complexity index is 953. The van der Waals surface area contributed by atoms with Gasteiger partial charge in [-0.3, -0.25) is 0 Å². The zero-order chi connectivity index (χ0) is 20.5. The first-order valence-corrected chi connectivity index (χ1v) is 9.23. The van der Waals surface area contributed by atoms with Gasteiger partial charge in [0.2, 0.25) is 5.95 Å². The van der Waals surface area contributed by atoms with E-state index in [0.29, 0.717) is 28.3 Å². The predicted molar refractivity (Wildman–Crippen MR) is 110 cm³/mol. The molecular formula is C15H18B2BrN9O. The van der Waals surface area contributed by atoms with Crippen molar-refractivity contribution in [3.05, 3.63) is 34.8 Å². The van der Waals surface area contributed by atoms with Crippen LogP contribution in [-0.4, -0.2) is 62.1 Å². The van der Waals surface area contributed by atoms with E-state index in [9.17, 15) is 5.11 Å². The molecule has 0 saturated heterocycles. The van der Waals surface area contributed by atoms with Gasteiger partial charge in [-0.25, -0.2) is 9.67 Å². The summed E-state index contributed by atoms with van der Waals surface area (Å²) >= 11 is 3.39. The third-order valence-electron chi connectivity index (χ3n) is 3.92. The number of halogens is 1. The zero-order valence-electron chi connectivity index (χ0n) is 15.6. The molecule has 0 unspecified atom stereocenters. The lowest BCUT2D eigenvalue weighted by Gasteiger charge is -2.24. The molecule has 0 aliphatic carbocycles. The first-order chi connectivity index (χ1) is 13.1. The summed E-state index contributed by atoms with van der Waals surface area (Å²) in [6.45, 7) is 6.38. The fraction of sp³-hybridized carbons (Fsp3) is 0.400. The van der Waals surface area contributed by atoms with E-state index in [4.69, 9.17) is 15.7 Å². The number of hydrogen-bond acceptors (Lipinski definition) is 8. The number of nitrogens with zero attached hydrogens (tertiary/aromatic N) is 7. The van der Waals surface area contributed by atoms with Gasteiger partial charge >= 0.3 is 0 Å². The molecule has 3 rings (SSSR count). The Balaban J connectivity index is 2.01. The Kier molecular flexibility index (Phi) is 5.48. The number of rotatable bonds is 7. The molecule has 3 aromatic heterocycles. The van der Waals surface area contributed by atoms with Gasteiger partial charge < -0.3 is 15.7 Å². The molecule has 3 heterocycles. The second kappa shape index (κ2) is 7.55. The molecule has 0 aliphatic heterocycles. The second-order valence-electron chi connectivity index (χ2n) is 6.53. The van der Waals surface area contributed by atoms with Crippen molar-refractivity contribution in [2.75, 3.05) is 17.2 Å². The Morgan fingerprint density at radius 1 is 1.25 bits per heavy atom. The molecule has 0 aromatic carbocycles. The van der Waals surface area contributed by atoms with E-state index in [0.717, 1.165) is 4.68 Å². The van der Waals surface area contributed by atoms with Gasteiger partial charge in [0.15, 0.2) is 0 Å². The summed E-state index contributed by atoms with van der Waals surface area (Å²) in [4.78, 5) is 10.1. The topological polar surface area (TPSA) is 119 Å². The highest BCUT2D eigenvalue weighted by Gasteiger charge is 2.31. The molecule has 4 radical (unpaired) electrons. The number of hydrogen-bond donors (Lipinski definition) is 3. The van der Waals surface area contributed by atoms with Crippen molar-refractivity contribution in [2.24, 2.45) is 0 Å². The van der Waals surface area contributed by atoms with Crippen molar-refractivity contribution in [1.82, 2.24) is 34.7 Å². The number of aromatic nitrogens is 7. The van der Waals surface area contributed by atoms with Crippen molar-refractivity contribution in [2.45, 2.75) is 31.8 Å². The molecule has 10 nitrogen and oxygen atoms in total. The summed E-state index contributed by atoms with van der Waals surface area (Å²) in [5.74, 6) is 1.18. The molecule has 0 amide bonds. The van der Waals surface area contributed by atoms with Crippen LogP contribution in [0.25, 0.3) is 0 Å². The molecule has 0 aliphatic rings. The molecule has 142 valence electrons. The van der Waals surface area contributed by atoms with E-state index in [2.05, 4.69) is 51.8 Å². The Labute approximate surface area is 173 Å². The van der Waals surface area contributed by atoms with Crippen LogP contribution in [0.3, 0.4) is 0 Å². The largest absolute Gasteiger partial charge is 0.388 e. The molecule has 3 N–H and O–H groups in total. The Hall–Kier alpha value is -2.40. The average Bonchev–Trinajstić information content (AvgIpc) is 3.28. The van der Waals surface area contributed by atoms with E-state index < -0.39 is 11.1 Å². The maximum absolute atomic E-state index is 10.2. The third kappa shape index (κ3) is 4.04. The summed E-state index contributed by atoms with van der Waals surface area (Å²) in [5, 5.41) is 28.9. The number of aliphatic hydroxyl groups is 1. The Morgan fingerprint density at radius 3 is 2.54 bits per heavy atom. The van der Waals surface area contributed by atoms with Gasteiger partial charge in [-0.2, -0.15) is 25.1 Å². The SMILES string of the molecule is [B]C([B])(O)n1nc(C(C)(C)n2nccn2)cc1Nc1ncc(Br)c(NCC)n1. The lowest BCUT2D eigenvalue weighted by molar-refractivity contribution is 0.127. The van der Waals surface area contributed by atoms with Gasteiger partial charge in [0, 0.05) is 18.8 Å². The molecular weight excluding hydrogens is 424 g/mol. The van der Waals surface area contributed by atoms with Gasteiger partial charge in [0.25, 0.3) is 0 Å². The Morgan fingerprint density at radius 2 is 1.93 bits per heavy atom. The predicted octanol–water partition coefficient (Wildman–Crippen LogP) is 0.883. The first kappa shape index (κ1) is 20.3. The number of anilines is 3. The molecule has 0 saturated carbocycles. The highest BCUT2D eigenvalue weighted by molar-refractivity contribution is 9.10. The van der Waals surface area contributed by atoms with Crippen LogP contribution in [0.5, 0.6) is 0 Å². The molecule has 13 heteroatoms. The third-order valence-corrected chi connectivity index (χ3v) is 4.50. The second-order valence-corrected chi connectivity index (χ2v) is 7.39. The standard InChI is InChI=1S/C15H18B2BrN9O/c1-4-19-12-9(18)8-20-13(24-12)23-11-7-10(25-26(11)15(16,17)28)14(2,3)27-21-5-6-22-27/h5-8,28H,4H2,1-3H3,(H2,19,20,23,24). The molecule has 28 heavy (non-hydrogen) atoms. The van der Waals surface area contributed by atoms with E-state index in [-0.39, 0.29) is 5.95 Å². The summed E-state index contributed by atoms with van der Waals surface area (Å²) < 4.78 is 1.76. The van der Waals surface area contributed by atoms with Gasteiger partial charge in [-0.1, -0.05) is 0 Å². The minimum Gasteiger partial charge on any atom is -0.388 e. The van der Waals surface area contributed by atoms with Crippen LogP contribution in [-0.2, 0) is 11.1 Å². The smallest absolute Gasteiger partial charge is 0.230 e. The van der Waals surface area contributed by atoms with Crippen LogP contribution >= 0.6 is 15.9 Å². The minimum absolute atomic E-state index is 0.270. The lowest BCUT2D eigenvalue weighted by Crippen LogP contribution is -2.37. The average molecular weight is 442 g/mol. The van der Waals surface area contributed by atoms with Crippen LogP contribution in [0.2, 0.25) is 0 Å². The van der Waals surface area contributed by atoms with Gasteiger partial charge in [-0.05, 0) is 36.7 Å². The van der Waals surface area contributed by atoms with E-state index in [1.807, 2.05) is 20.8 Å². The van der Waals surface area contributed by atoms with Crippen LogP contribution in [0.4, 0.5) is 17.6 Å². The molecule has 0 bridgehead atoms. The molecule has 0 fully saturated rings. The minimum atomic E-state index is -2.24. The van der Waals surface area contributed by atoms with Crippen LogP contribution < -0.4 is 10.6 Å². The molecule has 3 aromatic rings. The van der Waals surface area contributed by atoms with Gasteiger partial charge in [0.05, 0.1) is 28.1 Å². The van der Waals surface area contributed by atoms with Crippen LogP contribution in [0, 0.1) is 0 Å². The van der Waals surface area contributed by atoms with E-state index in [1.165, 1.54) is 4.80 Å². The van der Waals surface area contributed by atoms with Crippen molar-refractivity contribution in [3.8, 4) is 0 Å². The highest BCUT2D eigenvalue weighted by Crippen LogP contribution is 2.29. The normalized spacial score (nSPS) is 12.2. The summed E-state index contributed by atoms with van der Waals surface area (Å²) in [5.41, 5.74) is -2.45. The van der Waals surface area contributed by atoms with Crippen molar-refractivity contribution >= 4 is 49.2 Å². The molecule has 0 atom stereocenters. The maximum atomic E-state index is 10.2. The lowest BCUT2D eigenvalue weighted by atomic mass is 9.73. The zero-order valence-corrected chi connectivity index (χ0v) is 17.2. The summed E-state index contributed by atoms with van der Waals surface area (Å²) in [7, 11) is 11.4. The summed E-state index contributed by atoms with van der Waals surface area (Å²) in [6.07, 6.45) is 4.74. The fourth-order valence-corrected chi connectivity index (χ4v) is 2.81. The van der Waals surface area contributed by atoms with Gasteiger partial charge in [0.1, 0.15) is 32.9 Å². The first-order valence-electron chi connectivity index (χ1n) is 8.44. The molecule has 0 spiro atoms. The van der Waals surface area contributed by atoms with Crippen molar-refractivity contribution < 1.29 is 5.11 Å². The van der Waals surface area contributed by atoms with Crippen LogP contribution in [0.15, 0.2) is 29.1 Å². The van der Waals surface area contributed by atoms with Crippen molar-refractivity contribution in [1.29, 1.82) is 0 Å². The van der Waals surface area contributed by atoms with Crippen LogP contribution in [0.1, 0.15) is 26.5 Å². The maximum Gasteiger partial charge on any atom is 0.230 e.